The molecule has 4 rings (SSSR count). The lowest BCUT2D eigenvalue weighted by atomic mass is 9.81. The highest BCUT2D eigenvalue weighted by molar-refractivity contribution is 5.85. The Morgan fingerprint density at radius 3 is 2.59 bits per heavy atom. The molecule has 0 aromatic heterocycles. The molecular weight excluding hydrogens is 388 g/mol. The number of benzene rings is 2. The number of hydrogen-bond donors (Lipinski definition) is 2. The van der Waals surface area contributed by atoms with E-state index in [-0.39, 0.29) is 36.3 Å². The van der Waals surface area contributed by atoms with Gasteiger partial charge in [0.15, 0.2) is 0 Å². The molecule has 2 fully saturated rings. The number of aliphatic carboxylic acids is 1. The fourth-order valence-electron chi connectivity index (χ4n) is 5.03. The van der Waals surface area contributed by atoms with Crippen molar-refractivity contribution in [2.24, 2.45) is 11.3 Å². The maximum absolute atomic E-state index is 12.9. The average molecular weight is 417 g/mol. The van der Waals surface area contributed by atoms with E-state index in [0.29, 0.717) is 13.1 Å². The largest absolute Gasteiger partial charge is 0.481 e. The van der Waals surface area contributed by atoms with Crippen LogP contribution in [0.2, 0.25) is 0 Å². The molecule has 0 bridgehead atoms. The molecular formula is C23H29ClN2O3. The number of hydrogen-bond acceptors (Lipinski definition) is 3. The Hall–Kier alpha value is -2.11. The predicted molar refractivity (Wildman–Crippen MR) is 116 cm³/mol. The van der Waals surface area contributed by atoms with Crippen molar-refractivity contribution in [3.63, 3.8) is 0 Å². The number of rotatable bonds is 5. The van der Waals surface area contributed by atoms with Crippen LogP contribution in [0.4, 0.5) is 0 Å². The van der Waals surface area contributed by atoms with Crippen molar-refractivity contribution in [3.05, 3.63) is 48.0 Å². The Labute approximate surface area is 177 Å². The summed E-state index contributed by atoms with van der Waals surface area (Å²) in [6.07, 6.45) is 2.65. The van der Waals surface area contributed by atoms with Crippen LogP contribution >= 0.6 is 12.4 Å². The van der Waals surface area contributed by atoms with Gasteiger partial charge < -0.3 is 10.4 Å². The molecule has 1 saturated carbocycles. The zero-order valence-electron chi connectivity index (χ0n) is 16.9. The minimum Gasteiger partial charge on any atom is -0.481 e. The molecule has 2 aromatic rings. The Bertz CT molecular complexity index is 918. The predicted octanol–water partition coefficient (Wildman–Crippen LogP) is 4.01. The smallest absolute Gasteiger partial charge is 0.311 e. The summed E-state index contributed by atoms with van der Waals surface area (Å²) in [7, 11) is 0. The van der Waals surface area contributed by atoms with Crippen LogP contribution in [0.15, 0.2) is 42.5 Å². The second-order valence-electron chi connectivity index (χ2n) is 8.49. The first-order valence-corrected chi connectivity index (χ1v) is 10.2. The summed E-state index contributed by atoms with van der Waals surface area (Å²) < 4.78 is 0. The molecule has 2 aromatic carbocycles. The number of carbonyl (C=O) groups is 2. The molecule has 1 saturated heterocycles. The van der Waals surface area contributed by atoms with Crippen LogP contribution in [-0.2, 0) is 9.59 Å². The molecule has 1 aliphatic carbocycles. The van der Waals surface area contributed by atoms with Gasteiger partial charge in [0, 0.05) is 13.1 Å². The van der Waals surface area contributed by atoms with Crippen LogP contribution in [0.3, 0.4) is 0 Å². The van der Waals surface area contributed by atoms with Crippen molar-refractivity contribution in [2.75, 3.05) is 13.1 Å². The van der Waals surface area contributed by atoms with Crippen LogP contribution < -0.4 is 5.32 Å². The molecule has 2 N–H and O–H groups in total. The molecule has 5 nitrogen and oxygen atoms in total. The quantitative estimate of drug-likeness (QED) is 0.772. The summed E-state index contributed by atoms with van der Waals surface area (Å²) in [5.41, 5.74) is 0.415. The number of fused-ring (bicyclic) bond motifs is 2. The number of likely N-dealkylation sites (tertiary alicyclic amines) is 1. The van der Waals surface area contributed by atoms with Crippen LogP contribution in [0.1, 0.15) is 44.7 Å². The summed E-state index contributed by atoms with van der Waals surface area (Å²) in [5, 5.41) is 15.2. The van der Waals surface area contributed by atoms with E-state index < -0.39 is 11.4 Å². The number of carboxylic acid groups (broad SMARTS) is 1. The lowest BCUT2D eigenvalue weighted by molar-refractivity contribution is -0.149. The number of nitrogens with one attached hydrogen (secondary N) is 1. The Morgan fingerprint density at radius 1 is 1.17 bits per heavy atom. The lowest BCUT2D eigenvalue weighted by Gasteiger charge is -2.27. The summed E-state index contributed by atoms with van der Waals surface area (Å²) in [4.78, 5) is 26.8. The standard InChI is InChI=1S/C23H28N2O3.ClH/c1-15(18-10-9-17-6-3-4-7-19(17)12-18)24-21(26)16(2)25-13-20-8-5-11-23(20,14-25)22(27)28;/h3-4,6-7,9-10,12,15-16,20H,5,8,11,13-14H2,1-2H3,(H,24,26)(H,27,28);1H/t15?,16?,20-,23+;/m0./s1. The van der Waals surface area contributed by atoms with E-state index in [1.54, 1.807) is 0 Å². The molecule has 1 aliphatic heterocycles. The van der Waals surface area contributed by atoms with Gasteiger partial charge in [-0.25, -0.2) is 0 Å². The zero-order chi connectivity index (χ0) is 19.9. The van der Waals surface area contributed by atoms with Gasteiger partial charge in [-0.05, 0) is 55.0 Å². The number of carboxylic acids is 1. The number of nitrogens with zero attached hydrogens (tertiary/aromatic N) is 1. The highest BCUT2D eigenvalue weighted by atomic mass is 35.5. The van der Waals surface area contributed by atoms with Crippen molar-refractivity contribution in [1.82, 2.24) is 10.2 Å². The maximum atomic E-state index is 12.9. The molecule has 2 unspecified atom stereocenters. The van der Waals surface area contributed by atoms with Crippen LogP contribution in [0.25, 0.3) is 10.8 Å². The van der Waals surface area contributed by atoms with Gasteiger partial charge in [-0.1, -0.05) is 42.8 Å². The number of amides is 1. The highest BCUT2D eigenvalue weighted by Crippen LogP contribution is 2.49. The van der Waals surface area contributed by atoms with Crippen LogP contribution in [0.5, 0.6) is 0 Å². The highest BCUT2D eigenvalue weighted by Gasteiger charge is 2.55. The third kappa shape index (κ3) is 3.86. The van der Waals surface area contributed by atoms with Crippen molar-refractivity contribution in [3.8, 4) is 0 Å². The van der Waals surface area contributed by atoms with Gasteiger partial charge in [0.1, 0.15) is 0 Å². The van der Waals surface area contributed by atoms with E-state index in [9.17, 15) is 14.7 Å². The minimum atomic E-state index is -0.699. The fourth-order valence-corrected chi connectivity index (χ4v) is 5.03. The third-order valence-corrected chi connectivity index (χ3v) is 6.88. The lowest BCUT2D eigenvalue weighted by Crippen LogP contribution is -2.46. The molecule has 156 valence electrons. The van der Waals surface area contributed by atoms with E-state index in [1.807, 2.05) is 26.0 Å². The minimum absolute atomic E-state index is 0. The first-order chi connectivity index (χ1) is 13.4. The molecule has 6 heteroatoms. The second-order valence-corrected chi connectivity index (χ2v) is 8.49. The van der Waals surface area contributed by atoms with Gasteiger partial charge in [-0.3, -0.25) is 14.5 Å². The van der Waals surface area contributed by atoms with E-state index >= 15 is 0 Å². The fraction of sp³-hybridized carbons (Fsp3) is 0.478. The van der Waals surface area contributed by atoms with Crippen molar-refractivity contribution < 1.29 is 14.7 Å². The number of carbonyl (C=O) groups excluding carboxylic acids is 1. The second kappa shape index (κ2) is 8.33. The summed E-state index contributed by atoms with van der Waals surface area (Å²) in [5.74, 6) is -0.575. The Kier molecular flexibility index (Phi) is 6.20. The molecule has 29 heavy (non-hydrogen) atoms. The first-order valence-electron chi connectivity index (χ1n) is 10.2. The van der Waals surface area contributed by atoms with Crippen molar-refractivity contribution >= 4 is 35.1 Å². The zero-order valence-corrected chi connectivity index (χ0v) is 17.7. The summed E-state index contributed by atoms with van der Waals surface area (Å²) in [6, 6.07) is 14.0. The summed E-state index contributed by atoms with van der Waals surface area (Å²) in [6.45, 7) is 5.06. The van der Waals surface area contributed by atoms with Gasteiger partial charge in [0.25, 0.3) is 0 Å². The number of halogens is 1. The Morgan fingerprint density at radius 2 is 1.90 bits per heavy atom. The molecule has 2 aliphatic rings. The average Bonchev–Trinajstić information content (AvgIpc) is 3.25. The molecule has 4 atom stereocenters. The molecule has 1 heterocycles. The van der Waals surface area contributed by atoms with Crippen molar-refractivity contribution in [2.45, 2.75) is 45.2 Å². The van der Waals surface area contributed by atoms with Crippen LogP contribution in [-0.4, -0.2) is 41.0 Å². The van der Waals surface area contributed by atoms with Gasteiger partial charge >= 0.3 is 5.97 Å². The maximum Gasteiger partial charge on any atom is 0.311 e. The molecule has 0 spiro atoms. The van der Waals surface area contributed by atoms with E-state index in [2.05, 4.69) is 40.5 Å². The van der Waals surface area contributed by atoms with Crippen molar-refractivity contribution in [1.29, 1.82) is 0 Å². The van der Waals surface area contributed by atoms with E-state index in [4.69, 9.17) is 0 Å². The first kappa shape index (κ1) is 21.6. The normalized spacial score (nSPS) is 25.8. The van der Waals surface area contributed by atoms with Gasteiger partial charge in [0.05, 0.1) is 17.5 Å². The van der Waals surface area contributed by atoms with Gasteiger partial charge in [-0.2, -0.15) is 0 Å². The molecule has 0 radical (unpaired) electrons. The Balaban J connectivity index is 0.00000240. The van der Waals surface area contributed by atoms with Gasteiger partial charge in [-0.15, -0.1) is 12.4 Å². The topological polar surface area (TPSA) is 69.6 Å². The van der Waals surface area contributed by atoms with E-state index in [0.717, 1.165) is 30.2 Å². The third-order valence-electron chi connectivity index (χ3n) is 6.88. The summed E-state index contributed by atoms with van der Waals surface area (Å²) >= 11 is 0. The SMILES string of the molecule is CC(NC(=O)C(C)N1C[C@@H]2CCC[C@@]2(C(=O)O)C1)c1ccc2ccccc2c1.Cl. The van der Waals surface area contributed by atoms with Crippen LogP contribution in [0, 0.1) is 11.3 Å². The van der Waals surface area contributed by atoms with Gasteiger partial charge in [0.2, 0.25) is 5.91 Å². The molecule has 1 amide bonds. The van der Waals surface area contributed by atoms with E-state index in [1.165, 1.54) is 5.39 Å². The monoisotopic (exact) mass is 416 g/mol.